The number of rotatable bonds is 4. The Balaban J connectivity index is 1.68. The lowest BCUT2D eigenvalue weighted by Crippen LogP contribution is -2.28. The van der Waals surface area contributed by atoms with E-state index in [0.29, 0.717) is 16.4 Å². The fourth-order valence-corrected chi connectivity index (χ4v) is 3.95. The van der Waals surface area contributed by atoms with Crippen LogP contribution in [-0.4, -0.2) is 28.6 Å². The SMILES string of the molecule is CC1=NS(=O)(=O)N(Cc2ccc(Cl)cc2)C=C1c1nc(-c2ccccc2)no1. The summed E-state index contributed by atoms with van der Waals surface area (Å²) in [5, 5.41) is 4.56. The summed E-state index contributed by atoms with van der Waals surface area (Å²) < 4.78 is 35.3. The van der Waals surface area contributed by atoms with Gasteiger partial charge in [-0.2, -0.15) is 13.4 Å². The molecule has 0 spiro atoms. The van der Waals surface area contributed by atoms with Gasteiger partial charge in [0.05, 0.1) is 17.8 Å². The maximum atomic E-state index is 12.5. The minimum absolute atomic E-state index is 0.111. The van der Waals surface area contributed by atoms with Gasteiger partial charge in [0.2, 0.25) is 5.82 Å². The van der Waals surface area contributed by atoms with Gasteiger partial charge in [-0.15, -0.1) is 4.40 Å². The van der Waals surface area contributed by atoms with Crippen LogP contribution in [0.4, 0.5) is 0 Å². The van der Waals surface area contributed by atoms with E-state index in [4.69, 9.17) is 16.1 Å². The average Bonchev–Trinajstić information content (AvgIpc) is 3.16. The Morgan fingerprint density at radius 2 is 1.79 bits per heavy atom. The second-order valence-corrected chi connectivity index (χ2v) is 8.14. The second-order valence-electron chi connectivity index (χ2n) is 6.16. The lowest BCUT2D eigenvalue weighted by Gasteiger charge is -2.22. The number of nitrogens with zero attached hydrogens (tertiary/aromatic N) is 4. The summed E-state index contributed by atoms with van der Waals surface area (Å²) in [6, 6.07) is 16.3. The molecule has 1 aliphatic heterocycles. The van der Waals surface area contributed by atoms with Gasteiger partial charge in [-0.05, 0) is 24.6 Å². The van der Waals surface area contributed by atoms with Crippen LogP contribution in [0.2, 0.25) is 5.02 Å². The van der Waals surface area contributed by atoms with Gasteiger partial charge in [-0.1, -0.05) is 59.2 Å². The molecule has 1 aliphatic rings. The summed E-state index contributed by atoms with van der Waals surface area (Å²) in [7, 11) is -3.85. The quantitative estimate of drug-likeness (QED) is 0.644. The van der Waals surface area contributed by atoms with E-state index in [0.717, 1.165) is 15.4 Å². The molecule has 142 valence electrons. The number of allylic oxidation sites excluding steroid dienone is 1. The van der Waals surface area contributed by atoms with Gasteiger partial charge in [0.1, 0.15) is 0 Å². The van der Waals surface area contributed by atoms with E-state index in [-0.39, 0.29) is 18.1 Å². The van der Waals surface area contributed by atoms with Crippen LogP contribution in [0.1, 0.15) is 18.4 Å². The molecule has 0 fully saturated rings. The molecular weight excluding hydrogens is 400 g/mol. The van der Waals surface area contributed by atoms with Crippen LogP contribution in [0.5, 0.6) is 0 Å². The summed E-state index contributed by atoms with van der Waals surface area (Å²) in [5.74, 6) is 0.623. The van der Waals surface area contributed by atoms with E-state index in [9.17, 15) is 8.42 Å². The standard InChI is InChI=1S/C19H15ClN4O3S/c1-13-17(19-21-18(22-27-19)15-5-3-2-4-6-15)12-24(28(25,26)23-13)11-14-7-9-16(20)10-8-14/h2-10,12H,11H2,1H3. The number of benzene rings is 2. The highest BCUT2D eigenvalue weighted by Crippen LogP contribution is 2.27. The van der Waals surface area contributed by atoms with Gasteiger partial charge < -0.3 is 4.52 Å². The Bertz CT molecular complexity index is 1170. The minimum Gasteiger partial charge on any atom is -0.333 e. The summed E-state index contributed by atoms with van der Waals surface area (Å²) in [6.45, 7) is 1.70. The molecule has 9 heteroatoms. The molecule has 0 atom stereocenters. The average molecular weight is 415 g/mol. The molecule has 1 aromatic heterocycles. The predicted molar refractivity (Wildman–Crippen MR) is 107 cm³/mol. The van der Waals surface area contributed by atoms with Crippen molar-refractivity contribution in [2.24, 2.45) is 4.40 Å². The highest BCUT2D eigenvalue weighted by molar-refractivity contribution is 7.88. The highest BCUT2D eigenvalue weighted by atomic mass is 35.5. The molecule has 2 aromatic carbocycles. The molecule has 28 heavy (non-hydrogen) atoms. The first-order valence-corrected chi connectivity index (χ1v) is 10.1. The maximum absolute atomic E-state index is 12.5. The van der Waals surface area contributed by atoms with Gasteiger partial charge in [0.25, 0.3) is 5.89 Å². The molecule has 7 nitrogen and oxygen atoms in total. The molecule has 0 aliphatic carbocycles. The topological polar surface area (TPSA) is 88.7 Å². The third-order valence-corrected chi connectivity index (χ3v) is 5.74. The van der Waals surface area contributed by atoms with Crippen molar-refractivity contribution < 1.29 is 12.9 Å². The molecule has 2 heterocycles. The van der Waals surface area contributed by atoms with Gasteiger partial charge in [-0.3, -0.25) is 4.31 Å². The molecule has 0 bridgehead atoms. The van der Waals surface area contributed by atoms with Crippen LogP contribution in [0.15, 0.2) is 69.7 Å². The van der Waals surface area contributed by atoms with Crippen LogP contribution >= 0.6 is 11.6 Å². The van der Waals surface area contributed by atoms with Crippen LogP contribution < -0.4 is 0 Å². The molecule has 0 saturated carbocycles. The normalized spacial score (nSPS) is 15.9. The Labute approximate surface area is 167 Å². The van der Waals surface area contributed by atoms with Crippen molar-refractivity contribution >= 4 is 33.1 Å². The van der Waals surface area contributed by atoms with E-state index in [1.54, 1.807) is 31.2 Å². The Hall–Kier alpha value is -2.97. The Morgan fingerprint density at radius 1 is 1.07 bits per heavy atom. The predicted octanol–water partition coefficient (Wildman–Crippen LogP) is 3.95. The van der Waals surface area contributed by atoms with Gasteiger partial charge in [0, 0.05) is 16.8 Å². The largest absolute Gasteiger partial charge is 0.344 e. The third kappa shape index (κ3) is 3.69. The molecule has 4 rings (SSSR count). The monoisotopic (exact) mass is 414 g/mol. The van der Waals surface area contributed by atoms with E-state index >= 15 is 0 Å². The van der Waals surface area contributed by atoms with Crippen LogP contribution in [0.3, 0.4) is 0 Å². The van der Waals surface area contributed by atoms with Crippen LogP contribution in [-0.2, 0) is 16.8 Å². The molecule has 0 amide bonds. The molecule has 0 radical (unpaired) electrons. The first kappa shape index (κ1) is 18.4. The lowest BCUT2D eigenvalue weighted by molar-refractivity contribution is 0.408. The van der Waals surface area contributed by atoms with Crippen molar-refractivity contribution in [3.05, 3.63) is 77.3 Å². The van der Waals surface area contributed by atoms with Crippen molar-refractivity contribution in [3.8, 4) is 11.4 Å². The molecule has 0 saturated heterocycles. The van der Waals surface area contributed by atoms with Crippen molar-refractivity contribution in [2.45, 2.75) is 13.5 Å². The second kappa shape index (κ2) is 7.21. The lowest BCUT2D eigenvalue weighted by atomic mass is 10.2. The number of halogens is 1. The summed E-state index contributed by atoms with van der Waals surface area (Å²) in [5.41, 5.74) is 2.32. The Kier molecular flexibility index (Phi) is 4.74. The molecular formula is C19H15ClN4O3S. The van der Waals surface area contributed by atoms with Crippen LogP contribution in [0, 0.1) is 0 Å². The fraction of sp³-hybridized carbons (Fsp3) is 0.105. The molecule has 0 N–H and O–H groups in total. The van der Waals surface area contributed by atoms with Gasteiger partial charge >= 0.3 is 10.2 Å². The van der Waals surface area contributed by atoms with E-state index in [1.807, 2.05) is 30.3 Å². The molecule has 3 aromatic rings. The van der Waals surface area contributed by atoms with Gasteiger partial charge in [0.15, 0.2) is 0 Å². The van der Waals surface area contributed by atoms with E-state index in [1.165, 1.54) is 6.20 Å². The van der Waals surface area contributed by atoms with E-state index in [2.05, 4.69) is 14.5 Å². The Morgan fingerprint density at radius 3 is 2.50 bits per heavy atom. The van der Waals surface area contributed by atoms with Crippen molar-refractivity contribution in [1.29, 1.82) is 0 Å². The van der Waals surface area contributed by atoms with Crippen LogP contribution in [0.25, 0.3) is 17.0 Å². The first-order chi connectivity index (χ1) is 13.4. The molecule has 0 unspecified atom stereocenters. The maximum Gasteiger partial charge on any atom is 0.344 e. The summed E-state index contributed by atoms with van der Waals surface area (Å²) in [6.07, 6.45) is 1.47. The van der Waals surface area contributed by atoms with Crippen molar-refractivity contribution in [2.75, 3.05) is 0 Å². The smallest absolute Gasteiger partial charge is 0.333 e. The minimum atomic E-state index is -3.85. The number of aromatic nitrogens is 2. The first-order valence-electron chi connectivity index (χ1n) is 8.37. The zero-order valence-electron chi connectivity index (χ0n) is 14.8. The zero-order valence-corrected chi connectivity index (χ0v) is 16.4. The number of hydrogen-bond donors (Lipinski definition) is 0. The summed E-state index contributed by atoms with van der Waals surface area (Å²) in [4.78, 5) is 4.39. The third-order valence-electron chi connectivity index (χ3n) is 4.15. The van der Waals surface area contributed by atoms with E-state index < -0.39 is 10.2 Å². The number of hydrogen-bond acceptors (Lipinski definition) is 5. The fourth-order valence-electron chi connectivity index (χ4n) is 2.72. The van der Waals surface area contributed by atoms with Crippen molar-refractivity contribution in [3.63, 3.8) is 0 Å². The highest BCUT2D eigenvalue weighted by Gasteiger charge is 2.28. The summed E-state index contributed by atoms with van der Waals surface area (Å²) >= 11 is 5.89. The van der Waals surface area contributed by atoms with Gasteiger partial charge in [-0.25, -0.2) is 0 Å². The zero-order chi connectivity index (χ0) is 19.7. The van der Waals surface area contributed by atoms with Crippen molar-refractivity contribution in [1.82, 2.24) is 14.4 Å².